The minimum atomic E-state index is -0.181. The topological polar surface area (TPSA) is 68.0 Å². The number of hydrogen-bond acceptors (Lipinski definition) is 3. The summed E-state index contributed by atoms with van der Waals surface area (Å²) >= 11 is 0. The molecule has 0 aliphatic heterocycles. The zero-order valence-electron chi connectivity index (χ0n) is 10.8. The summed E-state index contributed by atoms with van der Waals surface area (Å²) in [6.45, 7) is 5.60. The molecule has 1 aromatic heterocycles. The summed E-state index contributed by atoms with van der Waals surface area (Å²) in [4.78, 5) is 15.8. The molecule has 104 valence electrons. The van der Waals surface area contributed by atoms with Crippen molar-refractivity contribution in [2.75, 3.05) is 0 Å². The van der Waals surface area contributed by atoms with Gasteiger partial charge in [0.05, 0.1) is 6.04 Å². The largest absolute Gasteiger partial charge is 0.349 e. The quantitative estimate of drug-likeness (QED) is 0.893. The van der Waals surface area contributed by atoms with Crippen molar-refractivity contribution in [1.82, 2.24) is 10.3 Å². The molecule has 1 amide bonds. The Morgan fingerprint density at radius 2 is 1.94 bits per heavy atom. The third-order valence-corrected chi connectivity index (χ3v) is 2.75. The number of aromatic nitrogens is 1. The number of pyridine rings is 1. The SMILES string of the molecule is CC(N)C(C)C(=O)N[C@@H](C)c1cccnc1.Cl.Cl. The molecule has 4 nitrogen and oxygen atoms in total. The van der Waals surface area contributed by atoms with E-state index in [-0.39, 0.29) is 48.7 Å². The van der Waals surface area contributed by atoms with Crippen molar-refractivity contribution in [2.24, 2.45) is 11.7 Å². The van der Waals surface area contributed by atoms with Crippen molar-refractivity contribution < 1.29 is 4.79 Å². The number of nitrogens with two attached hydrogens (primary N) is 1. The molecule has 1 aromatic rings. The van der Waals surface area contributed by atoms with Crippen LogP contribution in [0, 0.1) is 5.92 Å². The number of nitrogens with zero attached hydrogens (tertiary/aromatic N) is 1. The fourth-order valence-corrected chi connectivity index (χ4v) is 1.30. The average Bonchev–Trinajstić information content (AvgIpc) is 2.28. The Morgan fingerprint density at radius 1 is 1.33 bits per heavy atom. The van der Waals surface area contributed by atoms with E-state index in [1.807, 2.05) is 32.9 Å². The Morgan fingerprint density at radius 3 is 2.39 bits per heavy atom. The van der Waals surface area contributed by atoms with Gasteiger partial charge in [-0.1, -0.05) is 13.0 Å². The maximum absolute atomic E-state index is 11.8. The minimum Gasteiger partial charge on any atom is -0.349 e. The van der Waals surface area contributed by atoms with Crippen molar-refractivity contribution in [3.63, 3.8) is 0 Å². The van der Waals surface area contributed by atoms with E-state index in [1.54, 1.807) is 12.4 Å². The lowest BCUT2D eigenvalue weighted by atomic mass is 10.0. The molecule has 0 aliphatic carbocycles. The van der Waals surface area contributed by atoms with Gasteiger partial charge < -0.3 is 11.1 Å². The lowest BCUT2D eigenvalue weighted by Gasteiger charge is -2.19. The summed E-state index contributed by atoms with van der Waals surface area (Å²) in [5.41, 5.74) is 6.67. The third kappa shape index (κ3) is 5.67. The molecule has 0 aliphatic rings. The van der Waals surface area contributed by atoms with Crippen LogP contribution in [0.2, 0.25) is 0 Å². The highest BCUT2D eigenvalue weighted by Gasteiger charge is 2.19. The summed E-state index contributed by atoms with van der Waals surface area (Å²) < 4.78 is 0. The standard InChI is InChI=1S/C12H19N3O.2ClH/c1-8(9(2)13)12(16)15-10(3)11-5-4-6-14-7-11;;/h4-10H,13H2,1-3H3,(H,15,16);2*1H/t8?,9?,10-;;/m0../s1. The van der Waals surface area contributed by atoms with Gasteiger partial charge in [0.1, 0.15) is 0 Å². The smallest absolute Gasteiger partial charge is 0.224 e. The molecule has 0 bridgehead atoms. The van der Waals surface area contributed by atoms with Gasteiger partial charge in [-0.3, -0.25) is 9.78 Å². The number of nitrogens with one attached hydrogen (secondary N) is 1. The molecule has 3 N–H and O–H groups in total. The maximum atomic E-state index is 11.8. The number of halogens is 2. The number of carbonyl (C=O) groups is 1. The van der Waals surface area contributed by atoms with Crippen molar-refractivity contribution in [3.05, 3.63) is 30.1 Å². The molecule has 0 fully saturated rings. The first-order valence-electron chi connectivity index (χ1n) is 5.48. The number of amides is 1. The molecule has 0 aromatic carbocycles. The predicted octanol–water partition coefficient (Wildman–Crippen LogP) is 2.09. The van der Waals surface area contributed by atoms with Crippen LogP contribution in [-0.4, -0.2) is 16.9 Å². The third-order valence-electron chi connectivity index (χ3n) is 2.75. The van der Waals surface area contributed by atoms with E-state index in [1.165, 1.54) is 0 Å². The summed E-state index contributed by atoms with van der Waals surface area (Å²) in [5, 5.41) is 2.92. The number of rotatable bonds is 4. The van der Waals surface area contributed by atoms with Crippen LogP contribution in [0.5, 0.6) is 0 Å². The molecular formula is C12H21Cl2N3O. The Labute approximate surface area is 121 Å². The van der Waals surface area contributed by atoms with E-state index in [0.29, 0.717) is 0 Å². The number of carbonyl (C=O) groups excluding carboxylic acids is 1. The van der Waals surface area contributed by atoms with E-state index in [0.717, 1.165) is 5.56 Å². The molecule has 3 atom stereocenters. The van der Waals surface area contributed by atoms with Gasteiger partial charge in [-0.25, -0.2) is 0 Å². The van der Waals surface area contributed by atoms with Gasteiger partial charge in [-0.05, 0) is 25.5 Å². The number of hydrogen-bond donors (Lipinski definition) is 2. The van der Waals surface area contributed by atoms with Gasteiger partial charge in [-0.2, -0.15) is 0 Å². The molecule has 1 heterocycles. The molecule has 0 spiro atoms. The second kappa shape index (κ2) is 9.14. The molecule has 0 saturated carbocycles. The van der Waals surface area contributed by atoms with Crippen molar-refractivity contribution >= 4 is 30.7 Å². The second-order valence-corrected chi connectivity index (χ2v) is 4.16. The van der Waals surface area contributed by atoms with E-state index >= 15 is 0 Å². The van der Waals surface area contributed by atoms with Gasteiger partial charge >= 0.3 is 0 Å². The Balaban J connectivity index is 0. The second-order valence-electron chi connectivity index (χ2n) is 4.16. The van der Waals surface area contributed by atoms with E-state index in [4.69, 9.17) is 5.73 Å². The Hall–Kier alpha value is -0.840. The molecule has 0 radical (unpaired) electrons. The molecule has 1 rings (SSSR count). The molecular weight excluding hydrogens is 273 g/mol. The monoisotopic (exact) mass is 293 g/mol. The zero-order chi connectivity index (χ0) is 12.1. The van der Waals surface area contributed by atoms with Crippen LogP contribution in [-0.2, 0) is 4.79 Å². The summed E-state index contributed by atoms with van der Waals surface area (Å²) in [5.74, 6) is -0.203. The van der Waals surface area contributed by atoms with Crippen LogP contribution in [0.1, 0.15) is 32.4 Å². The Bertz CT molecular complexity index is 346. The first kappa shape index (κ1) is 19.5. The van der Waals surface area contributed by atoms with Crippen LogP contribution in [0.15, 0.2) is 24.5 Å². The van der Waals surface area contributed by atoms with Crippen LogP contribution in [0.4, 0.5) is 0 Å². The van der Waals surface area contributed by atoms with Gasteiger partial charge in [0.25, 0.3) is 0 Å². The van der Waals surface area contributed by atoms with Crippen molar-refractivity contribution in [2.45, 2.75) is 32.9 Å². The van der Waals surface area contributed by atoms with Crippen LogP contribution in [0.25, 0.3) is 0 Å². The lowest BCUT2D eigenvalue weighted by Crippen LogP contribution is -2.39. The van der Waals surface area contributed by atoms with Gasteiger partial charge in [0, 0.05) is 24.4 Å². The summed E-state index contributed by atoms with van der Waals surface area (Å²) in [6, 6.07) is 3.62. The van der Waals surface area contributed by atoms with Gasteiger partial charge in [0.15, 0.2) is 0 Å². The van der Waals surface area contributed by atoms with Crippen molar-refractivity contribution in [3.8, 4) is 0 Å². The maximum Gasteiger partial charge on any atom is 0.224 e. The molecule has 2 unspecified atom stereocenters. The highest BCUT2D eigenvalue weighted by molar-refractivity contribution is 5.85. The van der Waals surface area contributed by atoms with E-state index in [2.05, 4.69) is 10.3 Å². The highest BCUT2D eigenvalue weighted by atomic mass is 35.5. The summed E-state index contributed by atoms with van der Waals surface area (Å²) in [6.07, 6.45) is 3.46. The molecule has 18 heavy (non-hydrogen) atoms. The molecule has 0 saturated heterocycles. The summed E-state index contributed by atoms with van der Waals surface area (Å²) in [7, 11) is 0. The van der Waals surface area contributed by atoms with Gasteiger partial charge in [0.2, 0.25) is 5.91 Å². The minimum absolute atomic E-state index is 0. The van der Waals surface area contributed by atoms with Crippen LogP contribution < -0.4 is 11.1 Å². The predicted molar refractivity (Wildman–Crippen MR) is 78.1 cm³/mol. The zero-order valence-corrected chi connectivity index (χ0v) is 12.4. The molecule has 6 heteroatoms. The Kier molecular flexibility index (Phi) is 9.90. The van der Waals surface area contributed by atoms with Crippen molar-refractivity contribution in [1.29, 1.82) is 0 Å². The fraction of sp³-hybridized carbons (Fsp3) is 0.500. The lowest BCUT2D eigenvalue weighted by molar-refractivity contribution is -0.125. The highest BCUT2D eigenvalue weighted by Crippen LogP contribution is 2.11. The van der Waals surface area contributed by atoms with Gasteiger partial charge in [-0.15, -0.1) is 24.8 Å². The average molecular weight is 294 g/mol. The van der Waals surface area contributed by atoms with E-state index in [9.17, 15) is 4.79 Å². The van der Waals surface area contributed by atoms with E-state index < -0.39 is 0 Å². The first-order chi connectivity index (χ1) is 7.52. The van der Waals surface area contributed by atoms with Crippen LogP contribution in [0.3, 0.4) is 0 Å². The first-order valence-corrected chi connectivity index (χ1v) is 5.48. The normalized spacial score (nSPS) is 14.4. The van der Waals surface area contributed by atoms with Crippen LogP contribution >= 0.6 is 24.8 Å². The fourth-order valence-electron chi connectivity index (χ4n) is 1.30.